The number of rotatable bonds is 5. The van der Waals surface area contributed by atoms with E-state index in [-0.39, 0.29) is 0 Å². The molecule has 1 aromatic rings. The molecule has 1 aliphatic rings. The van der Waals surface area contributed by atoms with Crippen molar-refractivity contribution in [3.63, 3.8) is 0 Å². The molecule has 1 aliphatic heterocycles. The van der Waals surface area contributed by atoms with E-state index < -0.39 is 0 Å². The van der Waals surface area contributed by atoms with E-state index in [0.717, 1.165) is 19.6 Å². The van der Waals surface area contributed by atoms with Gasteiger partial charge in [0.05, 0.1) is 6.54 Å². The van der Waals surface area contributed by atoms with E-state index in [1.165, 1.54) is 32.1 Å². The highest BCUT2D eigenvalue weighted by atomic mass is 16.4. The maximum absolute atomic E-state index is 5.74. The molecular weight excluding hydrogens is 240 g/mol. The molecule has 1 fully saturated rings. The normalized spacial score (nSPS) is 17.5. The standard InChI is InChI=1S/C14H26N4O/c1-12(2)10-15-11-13-16-17-14(19-13)18-8-6-4-3-5-7-9-18/h12,15H,3-11H2,1-2H3. The number of nitrogens with zero attached hydrogens (tertiary/aromatic N) is 3. The zero-order chi connectivity index (χ0) is 13.5. The van der Waals surface area contributed by atoms with Crippen LogP contribution in [-0.4, -0.2) is 29.8 Å². The average molecular weight is 266 g/mol. The van der Waals surface area contributed by atoms with Gasteiger partial charge in [-0.25, -0.2) is 0 Å². The lowest BCUT2D eigenvalue weighted by atomic mass is 10.1. The molecule has 0 bridgehead atoms. The van der Waals surface area contributed by atoms with Gasteiger partial charge in [0, 0.05) is 13.1 Å². The van der Waals surface area contributed by atoms with Gasteiger partial charge in [0.1, 0.15) is 0 Å². The van der Waals surface area contributed by atoms with Crippen LogP contribution in [-0.2, 0) is 6.54 Å². The first kappa shape index (κ1) is 14.3. The molecule has 0 aliphatic carbocycles. The lowest BCUT2D eigenvalue weighted by Crippen LogP contribution is -2.27. The molecule has 0 radical (unpaired) electrons. The van der Waals surface area contributed by atoms with Crippen LogP contribution in [0.3, 0.4) is 0 Å². The molecule has 108 valence electrons. The van der Waals surface area contributed by atoms with Crippen molar-refractivity contribution in [1.29, 1.82) is 0 Å². The minimum atomic E-state index is 0.636. The first-order valence-electron chi connectivity index (χ1n) is 7.54. The monoisotopic (exact) mass is 266 g/mol. The summed E-state index contributed by atoms with van der Waals surface area (Å²) in [5, 5.41) is 11.6. The fourth-order valence-electron chi connectivity index (χ4n) is 2.35. The molecule has 0 aromatic carbocycles. The third-order valence-electron chi connectivity index (χ3n) is 3.41. The van der Waals surface area contributed by atoms with Gasteiger partial charge < -0.3 is 14.6 Å². The van der Waals surface area contributed by atoms with Crippen LogP contribution in [0.15, 0.2) is 4.42 Å². The van der Waals surface area contributed by atoms with E-state index in [1.807, 2.05) is 0 Å². The maximum Gasteiger partial charge on any atom is 0.318 e. The highest BCUT2D eigenvalue weighted by Gasteiger charge is 2.15. The Kier molecular flexibility index (Phi) is 5.63. The fraction of sp³-hybridized carbons (Fsp3) is 0.857. The predicted octanol–water partition coefficient (Wildman–Crippen LogP) is 2.59. The molecule has 19 heavy (non-hydrogen) atoms. The molecule has 0 spiro atoms. The summed E-state index contributed by atoms with van der Waals surface area (Å²) in [4.78, 5) is 2.23. The van der Waals surface area contributed by atoms with Crippen molar-refractivity contribution in [2.24, 2.45) is 5.92 Å². The summed E-state index contributed by atoms with van der Waals surface area (Å²) >= 11 is 0. The summed E-state index contributed by atoms with van der Waals surface area (Å²) in [6, 6.07) is 0.697. The van der Waals surface area contributed by atoms with Crippen LogP contribution < -0.4 is 10.2 Å². The van der Waals surface area contributed by atoms with E-state index in [4.69, 9.17) is 4.42 Å². The smallest absolute Gasteiger partial charge is 0.318 e. The number of hydrogen-bond acceptors (Lipinski definition) is 5. The molecule has 0 saturated carbocycles. The topological polar surface area (TPSA) is 54.2 Å². The molecule has 0 amide bonds. The Bertz CT molecular complexity index is 356. The summed E-state index contributed by atoms with van der Waals surface area (Å²) < 4.78 is 5.74. The molecule has 1 aromatic heterocycles. The van der Waals surface area contributed by atoms with Crippen LogP contribution in [0.25, 0.3) is 0 Å². The molecule has 0 atom stereocenters. The van der Waals surface area contributed by atoms with Crippen molar-refractivity contribution in [2.45, 2.75) is 52.5 Å². The van der Waals surface area contributed by atoms with Crippen LogP contribution in [0.2, 0.25) is 0 Å². The Morgan fingerprint density at radius 1 is 1.11 bits per heavy atom. The zero-order valence-corrected chi connectivity index (χ0v) is 12.2. The summed E-state index contributed by atoms with van der Waals surface area (Å²) in [5.74, 6) is 1.33. The molecule has 2 heterocycles. The molecule has 2 rings (SSSR count). The molecule has 5 heteroatoms. The van der Waals surface area contributed by atoms with Gasteiger partial charge in [0.2, 0.25) is 5.89 Å². The third-order valence-corrected chi connectivity index (χ3v) is 3.41. The number of nitrogens with one attached hydrogen (secondary N) is 1. The van der Waals surface area contributed by atoms with Gasteiger partial charge in [0.25, 0.3) is 0 Å². The lowest BCUT2D eigenvalue weighted by Gasteiger charge is -2.22. The number of anilines is 1. The quantitative estimate of drug-likeness (QED) is 0.887. The second-order valence-electron chi connectivity index (χ2n) is 5.76. The van der Waals surface area contributed by atoms with Crippen LogP contribution >= 0.6 is 0 Å². The molecule has 0 unspecified atom stereocenters. The predicted molar refractivity (Wildman–Crippen MR) is 76.1 cm³/mol. The summed E-state index contributed by atoms with van der Waals surface area (Å²) in [7, 11) is 0. The van der Waals surface area contributed by atoms with E-state index >= 15 is 0 Å². The van der Waals surface area contributed by atoms with Crippen molar-refractivity contribution < 1.29 is 4.42 Å². The van der Waals surface area contributed by atoms with Gasteiger partial charge in [0.15, 0.2) is 0 Å². The van der Waals surface area contributed by atoms with Crippen LogP contribution in [0.4, 0.5) is 6.01 Å². The summed E-state index contributed by atoms with van der Waals surface area (Å²) in [5.41, 5.74) is 0. The van der Waals surface area contributed by atoms with Crippen LogP contribution in [0.1, 0.15) is 51.8 Å². The van der Waals surface area contributed by atoms with E-state index in [1.54, 1.807) is 0 Å². The minimum absolute atomic E-state index is 0.636. The first-order valence-corrected chi connectivity index (χ1v) is 7.54. The van der Waals surface area contributed by atoms with Crippen LogP contribution in [0.5, 0.6) is 0 Å². The Balaban J connectivity index is 1.84. The molecule has 1 saturated heterocycles. The fourth-order valence-corrected chi connectivity index (χ4v) is 2.35. The first-order chi connectivity index (χ1) is 9.25. The van der Waals surface area contributed by atoms with E-state index in [2.05, 4.69) is 34.3 Å². The number of aromatic nitrogens is 2. The zero-order valence-electron chi connectivity index (χ0n) is 12.2. The van der Waals surface area contributed by atoms with Gasteiger partial charge in [-0.1, -0.05) is 38.2 Å². The Hall–Kier alpha value is -1.10. The van der Waals surface area contributed by atoms with Crippen molar-refractivity contribution >= 4 is 6.01 Å². The van der Waals surface area contributed by atoms with Gasteiger partial charge in [-0.15, -0.1) is 5.10 Å². The average Bonchev–Trinajstić information content (AvgIpc) is 2.76. The second-order valence-corrected chi connectivity index (χ2v) is 5.76. The van der Waals surface area contributed by atoms with Gasteiger partial charge in [-0.3, -0.25) is 0 Å². The van der Waals surface area contributed by atoms with Gasteiger partial charge in [-0.2, -0.15) is 0 Å². The Morgan fingerprint density at radius 2 is 1.79 bits per heavy atom. The van der Waals surface area contributed by atoms with E-state index in [0.29, 0.717) is 24.4 Å². The highest BCUT2D eigenvalue weighted by Crippen LogP contribution is 2.17. The maximum atomic E-state index is 5.74. The van der Waals surface area contributed by atoms with Crippen molar-refractivity contribution in [3.05, 3.63) is 5.89 Å². The largest absolute Gasteiger partial charge is 0.407 e. The number of hydrogen-bond donors (Lipinski definition) is 1. The van der Waals surface area contributed by atoms with Crippen molar-refractivity contribution in [1.82, 2.24) is 15.5 Å². The van der Waals surface area contributed by atoms with E-state index in [9.17, 15) is 0 Å². The van der Waals surface area contributed by atoms with Gasteiger partial charge in [-0.05, 0) is 25.3 Å². The second kappa shape index (κ2) is 7.48. The van der Waals surface area contributed by atoms with Crippen LogP contribution in [0, 0.1) is 5.92 Å². The third kappa shape index (κ3) is 4.82. The SMILES string of the molecule is CC(C)CNCc1nnc(N2CCCCCCC2)o1. The molecule has 1 N–H and O–H groups in total. The lowest BCUT2D eigenvalue weighted by molar-refractivity contribution is 0.438. The van der Waals surface area contributed by atoms with Crippen molar-refractivity contribution in [3.8, 4) is 0 Å². The minimum Gasteiger partial charge on any atom is -0.407 e. The highest BCUT2D eigenvalue weighted by molar-refractivity contribution is 5.23. The summed E-state index contributed by atoms with van der Waals surface area (Å²) in [6.45, 7) is 8.10. The Morgan fingerprint density at radius 3 is 2.47 bits per heavy atom. The van der Waals surface area contributed by atoms with Gasteiger partial charge >= 0.3 is 6.01 Å². The Labute approximate surface area is 115 Å². The molecular formula is C14H26N4O. The summed E-state index contributed by atoms with van der Waals surface area (Å²) in [6.07, 6.45) is 6.44. The molecule has 5 nitrogen and oxygen atoms in total. The van der Waals surface area contributed by atoms with Crippen molar-refractivity contribution in [2.75, 3.05) is 24.5 Å².